The molecule has 1 saturated carbocycles. The van der Waals surface area contributed by atoms with Gasteiger partial charge in [0.15, 0.2) is 11.4 Å². The van der Waals surface area contributed by atoms with Crippen molar-refractivity contribution in [3.8, 4) is 11.5 Å². The molecular formula is C24H26FN3O6S. The Morgan fingerprint density at radius 3 is 1.86 bits per heavy atom. The number of rotatable bonds is 10. The molecule has 0 aliphatic heterocycles. The Bertz CT molecular complexity index is 1250. The summed E-state index contributed by atoms with van der Waals surface area (Å²) in [6, 6.07) is 13.8. The normalized spacial score (nSPS) is 14.5. The van der Waals surface area contributed by atoms with Crippen molar-refractivity contribution in [1.29, 1.82) is 0 Å². The number of aromatic nitrogens is 2. The summed E-state index contributed by atoms with van der Waals surface area (Å²) in [5.74, 6) is -0.367. The number of carbonyl (C=O) groups is 1. The average Bonchev–Trinajstić information content (AvgIpc) is 3.59. The van der Waals surface area contributed by atoms with Gasteiger partial charge in [-0.05, 0) is 48.2 Å². The van der Waals surface area contributed by atoms with Gasteiger partial charge in [0, 0.05) is 13.1 Å². The van der Waals surface area contributed by atoms with Gasteiger partial charge in [0.2, 0.25) is 5.03 Å². The number of methoxy groups -OCH3 is 3. The van der Waals surface area contributed by atoms with Crippen LogP contribution in [0, 0.1) is 5.82 Å². The molecule has 0 unspecified atom stereocenters. The number of sulfonamides is 1. The Kier molecular flexibility index (Phi) is 6.82. The molecule has 1 aliphatic carbocycles. The molecule has 0 bridgehead atoms. The van der Waals surface area contributed by atoms with Crippen molar-refractivity contribution in [1.82, 2.24) is 14.1 Å². The van der Waals surface area contributed by atoms with E-state index in [9.17, 15) is 17.6 Å². The van der Waals surface area contributed by atoms with Crippen LogP contribution in [0.2, 0.25) is 0 Å². The molecule has 35 heavy (non-hydrogen) atoms. The maximum atomic E-state index is 15.0. The summed E-state index contributed by atoms with van der Waals surface area (Å²) in [6.07, 6.45) is 1.72. The minimum absolute atomic E-state index is 0.0349. The van der Waals surface area contributed by atoms with Gasteiger partial charge in [-0.15, -0.1) is 0 Å². The molecule has 0 saturated heterocycles. The summed E-state index contributed by atoms with van der Waals surface area (Å²) in [7, 11) is -0.0899. The summed E-state index contributed by atoms with van der Waals surface area (Å²) in [4.78, 5) is 12.2. The minimum atomic E-state index is -4.39. The lowest BCUT2D eigenvalue weighted by atomic mass is 10.2. The molecule has 186 valence electrons. The molecule has 3 aromatic rings. The van der Waals surface area contributed by atoms with Gasteiger partial charge in [-0.1, -0.05) is 24.3 Å². The van der Waals surface area contributed by atoms with Crippen molar-refractivity contribution in [3.05, 3.63) is 71.7 Å². The number of halogens is 1. The zero-order valence-electron chi connectivity index (χ0n) is 19.6. The first-order valence-corrected chi connectivity index (χ1v) is 12.3. The second kappa shape index (κ2) is 9.67. The molecule has 1 fully saturated rings. The fourth-order valence-electron chi connectivity index (χ4n) is 3.78. The molecule has 1 aliphatic rings. The summed E-state index contributed by atoms with van der Waals surface area (Å²) in [5, 5.41) is 3.27. The van der Waals surface area contributed by atoms with Crippen LogP contribution in [0.25, 0.3) is 0 Å². The summed E-state index contributed by atoms with van der Waals surface area (Å²) >= 11 is 0. The Morgan fingerprint density at radius 2 is 1.46 bits per heavy atom. The largest absolute Gasteiger partial charge is 0.497 e. The van der Waals surface area contributed by atoms with Crippen molar-refractivity contribution in [3.63, 3.8) is 0 Å². The van der Waals surface area contributed by atoms with Crippen LogP contribution in [-0.2, 0) is 38.2 Å². The molecule has 2 aromatic carbocycles. The summed E-state index contributed by atoms with van der Waals surface area (Å²) in [6.45, 7) is -0.0698. The van der Waals surface area contributed by atoms with Crippen molar-refractivity contribution in [2.45, 2.75) is 36.5 Å². The van der Waals surface area contributed by atoms with Crippen molar-refractivity contribution in [2.75, 3.05) is 21.3 Å². The monoisotopic (exact) mass is 503 g/mol. The molecular weight excluding hydrogens is 477 g/mol. The number of nitrogens with zero attached hydrogens (tertiary/aromatic N) is 3. The highest BCUT2D eigenvalue weighted by Gasteiger charge is 2.55. The van der Waals surface area contributed by atoms with Crippen LogP contribution in [0.4, 0.5) is 4.39 Å². The Balaban J connectivity index is 1.70. The predicted octanol–water partition coefficient (Wildman–Crippen LogP) is 3.09. The van der Waals surface area contributed by atoms with Crippen molar-refractivity contribution >= 4 is 16.0 Å². The molecule has 1 heterocycles. The van der Waals surface area contributed by atoms with E-state index < -0.39 is 32.4 Å². The minimum Gasteiger partial charge on any atom is -0.497 e. The third kappa shape index (κ3) is 4.87. The van der Waals surface area contributed by atoms with Crippen molar-refractivity contribution < 1.29 is 31.8 Å². The molecule has 0 amide bonds. The zero-order valence-corrected chi connectivity index (χ0v) is 20.4. The van der Waals surface area contributed by atoms with Gasteiger partial charge in [0.05, 0.1) is 27.5 Å². The van der Waals surface area contributed by atoms with Gasteiger partial charge in [0.25, 0.3) is 10.0 Å². The lowest BCUT2D eigenvalue weighted by Gasteiger charge is -2.22. The fraction of sp³-hybridized carbons (Fsp3) is 0.333. The fourth-order valence-corrected chi connectivity index (χ4v) is 5.16. The predicted molar refractivity (Wildman–Crippen MR) is 124 cm³/mol. The van der Waals surface area contributed by atoms with Crippen LogP contribution < -0.4 is 9.47 Å². The second-order valence-electron chi connectivity index (χ2n) is 8.22. The second-order valence-corrected chi connectivity index (χ2v) is 10.1. The van der Waals surface area contributed by atoms with E-state index in [0.29, 0.717) is 35.5 Å². The van der Waals surface area contributed by atoms with E-state index in [4.69, 9.17) is 14.2 Å². The third-order valence-corrected chi connectivity index (χ3v) is 7.69. The van der Waals surface area contributed by atoms with E-state index in [-0.39, 0.29) is 13.1 Å². The van der Waals surface area contributed by atoms with Crippen LogP contribution in [0.1, 0.15) is 24.0 Å². The molecule has 1 aromatic heterocycles. The lowest BCUT2D eigenvalue weighted by molar-refractivity contribution is -0.146. The zero-order chi connectivity index (χ0) is 25.2. The number of hydrogen-bond donors (Lipinski definition) is 0. The van der Waals surface area contributed by atoms with Gasteiger partial charge < -0.3 is 14.2 Å². The van der Waals surface area contributed by atoms with Gasteiger partial charge >= 0.3 is 5.97 Å². The van der Waals surface area contributed by atoms with Gasteiger partial charge in [-0.25, -0.2) is 17.6 Å². The van der Waals surface area contributed by atoms with Crippen LogP contribution in [0.3, 0.4) is 0 Å². The first kappa shape index (κ1) is 24.7. The van der Waals surface area contributed by atoms with E-state index in [0.717, 1.165) is 15.2 Å². The smallest absolute Gasteiger partial charge is 0.333 e. The molecule has 0 radical (unpaired) electrons. The number of benzene rings is 2. The van der Waals surface area contributed by atoms with E-state index in [1.54, 1.807) is 48.5 Å². The van der Waals surface area contributed by atoms with Crippen molar-refractivity contribution in [2.24, 2.45) is 0 Å². The lowest BCUT2D eigenvalue weighted by Crippen LogP contribution is -2.32. The van der Waals surface area contributed by atoms with Crippen LogP contribution in [0.5, 0.6) is 11.5 Å². The Labute approximate surface area is 203 Å². The van der Waals surface area contributed by atoms with Crippen LogP contribution >= 0.6 is 0 Å². The number of ether oxygens (including phenoxy) is 3. The molecule has 11 heteroatoms. The Morgan fingerprint density at radius 1 is 0.971 bits per heavy atom. The maximum Gasteiger partial charge on any atom is 0.333 e. The van der Waals surface area contributed by atoms with Crippen LogP contribution in [-0.4, -0.2) is 49.8 Å². The van der Waals surface area contributed by atoms with Gasteiger partial charge in [-0.2, -0.15) is 9.40 Å². The van der Waals surface area contributed by atoms with E-state index in [1.165, 1.54) is 21.3 Å². The highest BCUT2D eigenvalue weighted by Crippen LogP contribution is 2.44. The first-order valence-electron chi connectivity index (χ1n) is 10.8. The molecule has 9 nitrogen and oxygen atoms in total. The van der Waals surface area contributed by atoms with E-state index in [1.807, 2.05) is 0 Å². The SMILES string of the molecule is COC(=O)C1(n2cc(F)c(S(=O)(=O)N(Cc3ccc(OC)cc3)Cc3ccc(OC)cc3)n2)CC1. The van der Waals surface area contributed by atoms with Gasteiger partial charge in [0.1, 0.15) is 11.5 Å². The first-order chi connectivity index (χ1) is 16.7. The quantitative estimate of drug-likeness (QED) is 0.392. The maximum absolute atomic E-state index is 15.0. The topological polar surface area (TPSA) is 100.0 Å². The summed E-state index contributed by atoms with van der Waals surface area (Å²) < 4.78 is 59.7. The van der Waals surface area contributed by atoms with Gasteiger partial charge in [-0.3, -0.25) is 4.68 Å². The highest BCUT2D eigenvalue weighted by atomic mass is 32.2. The molecule has 4 rings (SSSR count). The third-order valence-electron chi connectivity index (χ3n) is 5.99. The number of esters is 1. The average molecular weight is 504 g/mol. The van der Waals surface area contributed by atoms with E-state index in [2.05, 4.69) is 5.10 Å². The molecule has 0 N–H and O–H groups in total. The van der Waals surface area contributed by atoms with Crippen LogP contribution in [0.15, 0.2) is 59.8 Å². The van der Waals surface area contributed by atoms with E-state index >= 15 is 0 Å². The number of hydrogen-bond acceptors (Lipinski definition) is 7. The number of carbonyl (C=O) groups excluding carboxylic acids is 1. The standard InChI is InChI=1S/C24H26FN3O6S/c1-32-19-8-4-17(5-9-19)14-27(15-18-6-10-20(33-2)11-7-18)35(30,31)22-21(25)16-28(26-22)24(12-13-24)23(29)34-3/h4-11,16H,12-15H2,1-3H3. The molecule has 0 atom stereocenters. The summed E-state index contributed by atoms with van der Waals surface area (Å²) in [5.41, 5.74) is 0.187. The molecule has 0 spiro atoms. The Hall–Kier alpha value is -3.44. The highest BCUT2D eigenvalue weighted by molar-refractivity contribution is 7.89.